The topological polar surface area (TPSA) is 32.3 Å². The summed E-state index contributed by atoms with van der Waals surface area (Å²) in [4.78, 5) is 15.6. The van der Waals surface area contributed by atoms with Crippen molar-refractivity contribution in [3.63, 3.8) is 0 Å². The lowest BCUT2D eigenvalue weighted by Crippen LogP contribution is -2.30. The van der Waals surface area contributed by atoms with E-state index in [0.717, 1.165) is 38.2 Å². The molecule has 1 amide bonds. The fourth-order valence-electron chi connectivity index (χ4n) is 4.40. The van der Waals surface area contributed by atoms with Gasteiger partial charge in [0, 0.05) is 19.6 Å². The zero-order valence-electron chi connectivity index (χ0n) is 20.3. The number of carbonyl (C=O) groups is 1. The molecule has 186 valence electrons. The van der Waals surface area contributed by atoms with Crippen LogP contribution in [0.3, 0.4) is 0 Å². The Morgan fingerprint density at radius 3 is 2.46 bits per heavy atom. The van der Waals surface area contributed by atoms with Crippen LogP contribution in [0.15, 0.2) is 60.0 Å². The summed E-state index contributed by atoms with van der Waals surface area (Å²) in [6, 6.07) is 15.7. The summed E-state index contributed by atoms with van der Waals surface area (Å²) >= 11 is 1.25. The number of halogens is 3. The van der Waals surface area contributed by atoms with Gasteiger partial charge in [0.25, 0.3) is 5.91 Å². The van der Waals surface area contributed by atoms with E-state index in [0.29, 0.717) is 28.5 Å². The van der Waals surface area contributed by atoms with Crippen LogP contribution >= 0.6 is 11.3 Å². The van der Waals surface area contributed by atoms with Crippen molar-refractivity contribution in [3.8, 4) is 11.1 Å². The van der Waals surface area contributed by atoms with Gasteiger partial charge in [-0.3, -0.25) is 9.69 Å². The van der Waals surface area contributed by atoms with Crippen LogP contribution in [0.1, 0.15) is 53.6 Å². The van der Waals surface area contributed by atoms with Gasteiger partial charge in [0.05, 0.1) is 10.4 Å². The van der Waals surface area contributed by atoms with Gasteiger partial charge in [0.15, 0.2) is 0 Å². The van der Waals surface area contributed by atoms with Crippen molar-refractivity contribution in [2.24, 2.45) is 5.92 Å². The van der Waals surface area contributed by atoms with Crippen LogP contribution in [-0.2, 0) is 18.1 Å². The number of benzene rings is 2. The number of hydrogen-bond acceptors (Lipinski definition) is 3. The van der Waals surface area contributed by atoms with Crippen molar-refractivity contribution in [1.82, 2.24) is 10.2 Å². The Hall–Kier alpha value is -2.64. The van der Waals surface area contributed by atoms with Crippen LogP contribution in [0, 0.1) is 5.92 Å². The first kappa shape index (κ1) is 25.5. The van der Waals surface area contributed by atoms with Gasteiger partial charge in [-0.05, 0) is 70.1 Å². The van der Waals surface area contributed by atoms with E-state index < -0.39 is 11.7 Å². The lowest BCUT2D eigenvalue weighted by molar-refractivity contribution is -0.137. The third kappa shape index (κ3) is 6.53. The van der Waals surface area contributed by atoms with Gasteiger partial charge in [-0.1, -0.05) is 57.2 Å². The van der Waals surface area contributed by atoms with Gasteiger partial charge >= 0.3 is 6.18 Å². The summed E-state index contributed by atoms with van der Waals surface area (Å²) in [5, 5.41) is 4.74. The molecular formula is C28H31F3N2OS. The molecule has 35 heavy (non-hydrogen) atoms. The van der Waals surface area contributed by atoms with Crippen LogP contribution in [0.2, 0.25) is 0 Å². The Balaban J connectivity index is 1.28. The molecule has 1 atom stereocenters. The first-order valence-corrected chi connectivity index (χ1v) is 12.7. The quantitative estimate of drug-likeness (QED) is 0.396. The molecule has 2 aromatic carbocycles. The highest BCUT2D eigenvalue weighted by atomic mass is 32.1. The molecule has 3 nitrogen and oxygen atoms in total. The summed E-state index contributed by atoms with van der Waals surface area (Å²) in [6.45, 7) is 10.1. The number of carbonyl (C=O) groups excluding carboxylic acids is 1. The predicted octanol–water partition coefficient (Wildman–Crippen LogP) is 6.98. The maximum absolute atomic E-state index is 13.0. The maximum Gasteiger partial charge on any atom is 0.416 e. The molecule has 1 N–H and O–H groups in total. The highest BCUT2D eigenvalue weighted by molar-refractivity contribution is 7.12. The number of likely N-dealkylation sites (tertiary alicyclic amines) is 1. The molecule has 0 bridgehead atoms. The second kappa shape index (κ2) is 10.2. The lowest BCUT2D eigenvalue weighted by atomic mass is 9.87. The Morgan fingerprint density at radius 1 is 1.03 bits per heavy atom. The molecule has 4 rings (SSSR count). The summed E-state index contributed by atoms with van der Waals surface area (Å²) in [5.74, 6) is 0.208. The normalized spacial score (nSPS) is 17.0. The van der Waals surface area contributed by atoms with Crippen molar-refractivity contribution >= 4 is 17.2 Å². The van der Waals surface area contributed by atoms with Gasteiger partial charge in [-0.15, -0.1) is 11.3 Å². The highest BCUT2D eigenvalue weighted by Gasteiger charge is 2.30. The molecule has 0 spiro atoms. The minimum absolute atomic E-state index is 0.145. The van der Waals surface area contributed by atoms with E-state index in [1.165, 1.54) is 28.5 Å². The number of alkyl halides is 3. The molecule has 1 aliphatic rings. The van der Waals surface area contributed by atoms with E-state index in [2.05, 4.69) is 55.3 Å². The Morgan fingerprint density at radius 2 is 1.77 bits per heavy atom. The molecule has 0 aliphatic carbocycles. The summed E-state index contributed by atoms with van der Waals surface area (Å²) in [5.41, 5.74) is 3.15. The first-order chi connectivity index (χ1) is 16.5. The summed E-state index contributed by atoms with van der Waals surface area (Å²) in [6.07, 6.45) is -3.36. The molecule has 1 aliphatic heterocycles. The molecule has 1 unspecified atom stereocenters. The van der Waals surface area contributed by atoms with Crippen molar-refractivity contribution in [2.75, 3.05) is 19.6 Å². The summed E-state index contributed by atoms with van der Waals surface area (Å²) < 4.78 is 39.0. The molecule has 3 aromatic rings. The zero-order valence-corrected chi connectivity index (χ0v) is 21.1. The molecule has 1 aromatic heterocycles. The molecule has 7 heteroatoms. The second-order valence-corrected chi connectivity index (χ2v) is 11.2. The van der Waals surface area contributed by atoms with Crippen LogP contribution in [0.4, 0.5) is 13.2 Å². The number of nitrogens with zero attached hydrogens (tertiary/aromatic N) is 1. The highest BCUT2D eigenvalue weighted by Crippen LogP contribution is 2.33. The van der Waals surface area contributed by atoms with E-state index >= 15 is 0 Å². The average Bonchev–Trinajstić information content (AvgIpc) is 3.47. The third-order valence-electron chi connectivity index (χ3n) is 6.49. The SMILES string of the molecule is CC(C)(C)c1ccc(CN2CCC(CNC(=O)c3cc(-c4cccc(C(F)(F)F)c4)cs3)C2)cc1. The number of amides is 1. The van der Waals surface area contributed by atoms with Crippen LogP contribution in [0.5, 0.6) is 0 Å². The summed E-state index contributed by atoms with van der Waals surface area (Å²) in [7, 11) is 0. The fraction of sp³-hybridized carbons (Fsp3) is 0.393. The molecule has 0 radical (unpaired) electrons. The van der Waals surface area contributed by atoms with Crippen LogP contribution < -0.4 is 5.32 Å². The number of thiophene rings is 1. The van der Waals surface area contributed by atoms with E-state index in [4.69, 9.17) is 0 Å². The van der Waals surface area contributed by atoms with Gasteiger partial charge in [0.2, 0.25) is 0 Å². The Labute approximate surface area is 209 Å². The molecule has 0 saturated carbocycles. The van der Waals surface area contributed by atoms with Gasteiger partial charge in [0.1, 0.15) is 0 Å². The number of hydrogen-bond donors (Lipinski definition) is 1. The minimum Gasteiger partial charge on any atom is -0.351 e. The minimum atomic E-state index is -4.39. The molecule has 1 fully saturated rings. The number of nitrogens with one attached hydrogen (secondary N) is 1. The van der Waals surface area contributed by atoms with Gasteiger partial charge in [-0.25, -0.2) is 0 Å². The average molecular weight is 501 g/mol. The van der Waals surface area contributed by atoms with Crippen molar-refractivity contribution in [1.29, 1.82) is 0 Å². The fourth-order valence-corrected chi connectivity index (χ4v) is 5.23. The third-order valence-corrected chi connectivity index (χ3v) is 7.42. The first-order valence-electron chi connectivity index (χ1n) is 11.9. The Kier molecular flexibility index (Phi) is 7.38. The predicted molar refractivity (Wildman–Crippen MR) is 136 cm³/mol. The van der Waals surface area contributed by atoms with Crippen molar-refractivity contribution in [2.45, 2.75) is 45.3 Å². The smallest absolute Gasteiger partial charge is 0.351 e. The Bertz CT molecular complexity index is 1160. The monoisotopic (exact) mass is 500 g/mol. The van der Waals surface area contributed by atoms with Gasteiger partial charge in [-0.2, -0.15) is 13.2 Å². The van der Waals surface area contributed by atoms with E-state index in [-0.39, 0.29) is 11.3 Å². The molecule has 2 heterocycles. The van der Waals surface area contributed by atoms with Crippen molar-refractivity contribution in [3.05, 3.63) is 81.5 Å². The van der Waals surface area contributed by atoms with Crippen LogP contribution in [-0.4, -0.2) is 30.4 Å². The maximum atomic E-state index is 13.0. The second-order valence-electron chi connectivity index (χ2n) is 10.3. The van der Waals surface area contributed by atoms with Gasteiger partial charge < -0.3 is 5.32 Å². The van der Waals surface area contributed by atoms with E-state index in [9.17, 15) is 18.0 Å². The zero-order chi connectivity index (χ0) is 25.2. The van der Waals surface area contributed by atoms with E-state index in [1.807, 2.05) is 0 Å². The largest absolute Gasteiger partial charge is 0.416 e. The lowest BCUT2D eigenvalue weighted by Gasteiger charge is -2.20. The molecule has 1 saturated heterocycles. The number of rotatable bonds is 6. The van der Waals surface area contributed by atoms with Crippen molar-refractivity contribution < 1.29 is 18.0 Å². The van der Waals surface area contributed by atoms with Crippen LogP contribution in [0.25, 0.3) is 11.1 Å². The van der Waals surface area contributed by atoms with E-state index in [1.54, 1.807) is 17.5 Å². The molecular weight excluding hydrogens is 469 g/mol. The standard InChI is InChI=1S/C28H31F3N2OS/c1-27(2,3)23-9-7-19(8-10-23)16-33-12-11-20(17-33)15-32-26(34)25-14-22(18-35-25)21-5-4-6-24(13-21)28(29,30)31/h4-10,13-14,18,20H,11-12,15-17H2,1-3H3,(H,32,34).